The normalized spacial score (nSPS) is 11.3. The van der Waals surface area contributed by atoms with Crippen molar-refractivity contribution in [3.05, 3.63) is 56.2 Å². The van der Waals surface area contributed by atoms with Crippen LogP contribution >= 0.6 is 0 Å². The van der Waals surface area contributed by atoms with Gasteiger partial charge in [0.25, 0.3) is 5.56 Å². The lowest BCUT2D eigenvalue weighted by Crippen LogP contribution is -2.27. The number of rotatable bonds is 3. The van der Waals surface area contributed by atoms with Gasteiger partial charge in [0.2, 0.25) is 5.82 Å². The van der Waals surface area contributed by atoms with Gasteiger partial charge in [-0.1, -0.05) is 18.2 Å². The minimum Gasteiger partial charge on any atom is -0.360 e. The third kappa shape index (κ3) is 3.05. The van der Waals surface area contributed by atoms with Gasteiger partial charge in [0.05, 0.1) is 5.56 Å². The molecule has 0 spiro atoms. The van der Waals surface area contributed by atoms with E-state index in [4.69, 9.17) is 0 Å². The molecule has 0 bridgehead atoms. The highest BCUT2D eigenvalue weighted by atomic mass is 19.4. The molecule has 2 aromatic rings. The topological polar surface area (TPSA) is 90.6 Å². The lowest BCUT2D eigenvalue weighted by molar-refractivity contribution is -0.138. The monoisotopic (exact) mass is 286 g/mol. The molecule has 0 unspecified atom stereocenters. The summed E-state index contributed by atoms with van der Waals surface area (Å²) in [5.41, 5.74) is -2.43. The molecular weight excluding hydrogens is 277 g/mol. The van der Waals surface area contributed by atoms with E-state index < -0.39 is 23.0 Å². The molecule has 0 saturated carbocycles. The predicted molar refractivity (Wildman–Crippen MR) is 64.2 cm³/mol. The second-order valence-corrected chi connectivity index (χ2v) is 3.86. The molecule has 2 rings (SSSR count). The standard InChI is InChI=1S/C11H9F3N4O2/c12-11(13,14)7-4-2-1-3-6(7)5-15-8-9(19)16-10(20)18-17-8/h1-4H,5H2,(H,15,17)(H2,16,18,19,20). The average Bonchev–Trinajstić information content (AvgIpc) is 2.37. The van der Waals surface area contributed by atoms with Gasteiger partial charge in [-0.2, -0.15) is 13.2 Å². The van der Waals surface area contributed by atoms with Gasteiger partial charge in [-0.15, -0.1) is 5.10 Å². The highest BCUT2D eigenvalue weighted by Gasteiger charge is 2.32. The van der Waals surface area contributed by atoms with Crippen LogP contribution in [-0.2, 0) is 12.7 Å². The maximum absolute atomic E-state index is 12.7. The van der Waals surface area contributed by atoms with E-state index in [0.29, 0.717) is 0 Å². The van der Waals surface area contributed by atoms with Gasteiger partial charge in [-0.25, -0.2) is 9.89 Å². The Kier molecular flexibility index (Phi) is 3.59. The van der Waals surface area contributed by atoms with E-state index in [1.807, 2.05) is 10.1 Å². The molecule has 1 aromatic heterocycles. The first-order valence-corrected chi connectivity index (χ1v) is 5.46. The van der Waals surface area contributed by atoms with Crippen molar-refractivity contribution in [1.29, 1.82) is 0 Å². The number of aromatic amines is 2. The van der Waals surface area contributed by atoms with E-state index in [1.165, 1.54) is 18.2 Å². The van der Waals surface area contributed by atoms with Crippen molar-refractivity contribution in [1.82, 2.24) is 15.2 Å². The first-order chi connectivity index (χ1) is 9.38. The van der Waals surface area contributed by atoms with Crippen molar-refractivity contribution in [3.8, 4) is 0 Å². The summed E-state index contributed by atoms with van der Waals surface area (Å²) >= 11 is 0. The number of nitrogens with one attached hydrogen (secondary N) is 3. The number of halogens is 3. The molecule has 0 aliphatic carbocycles. The Bertz CT molecular complexity index is 720. The molecule has 6 nitrogen and oxygen atoms in total. The minimum atomic E-state index is -4.48. The zero-order chi connectivity index (χ0) is 14.8. The molecule has 1 heterocycles. The van der Waals surface area contributed by atoms with Gasteiger partial charge in [0, 0.05) is 6.54 Å². The maximum Gasteiger partial charge on any atom is 0.416 e. The fraction of sp³-hybridized carbons (Fsp3) is 0.182. The highest BCUT2D eigenvalue weighted by molar-refractivity contribution is 5.35. The van der Waals surface area contributed by atoms with Crippen molar-refractivity contribution in [3.63, 3.8) is 0 Å². The molecule has 0 aliphatic heterocycles. The average molecular weight is 286 g/mol. The Labute approximate surface area is 109 Å². The Morgan fingerprint density at radius 2 is 1.90 bits per heavy atom. The summed E-state index contributed by atoms with van der Waals surface area (Å²) in [4.78, 5) is 24.0. The van der Waals surface area contributed by atoms with Crippen LogP contribution in [0.3, 0.4) is 0 Å². The van der Waals surface area contributed by atoms with Crippen LogP contribution in [0.25, 0.3) is 0 Å². The van der Waals surface area contributed by atoms with Gasteiger partial charge >= 0.3 is 11.9 Å². The first kappa shape index (κ1) is 13.8. The molecule has 106 valence electrons. The van der Waals surface area contributed by atoms with Gasteiger partial charge in [-0.3, -0.25) is 9.78 Å². The van der Waals surface area contributed by atoms with Crippen LogP contribution in [0.15, 0.2) is 33.9 Å². The quantitative estimate of drug-likeness (QED) is 0.787. The van der Waals surface area contributed by atoms with E-state index >= 15 is 0 Å². The molecule has 0 amide bonds. The highest BCUT2D eigenvalue weighted by Crippen LogP contribution is 2.31. The zero-order valence-corrected chi connectivity index (χ0v) is 9.91. The number of hydrogen-bond acceptors (Lipinski definition) is 4. The Morgan fingerprint density at radius 3 is 2.55 bits per heavy atom. The van der Waals surface area contributed by atoms with Crippen molar-refractivity contribution in [2.45, 2.75) is 12.7 Å². The molecule has 0 radical (unpaired) electrons. The number of nitrogens with zero attached hydrogens (tertiary/aromatic N) is 1. The lowest BCUT2D eigenvalue weighted by Gasteiger charge is -2.12. The number of anilines is 1. The van der Waals surface area contributed by atoms with Gasteiger partial charge < -0.3 is 5.32 Å². The summed E-state index contributed by atoms with van der Waals surface area (Å²) in [5, 5.41) is 7.83. The van der Waals surface area contributed by atoms with Crippen molar-refractivity contribution < 1.29 is 13.2 Å². The summed E-state index contributed by atoms with van der Waals surface area (Å²) in [5.74, 6) is -0.262. The Balaban J connectivity index is 2.24. The number of hydrogen-bond donors (Lipinski definition) is 3. The zero-order valence-electron chi connectivity index (χ0n) is 9.91. The molecule has 3 N–H and O–H groups in total. The fourth-order valence-corrected chi connectivity index (χ4v) is 1.60. The van der Waals surface area contributed by atoms with Crippen LogP contribution in [-0.4, -0.2) is 15.2 Å². The number of alkyl halides is 3. The summed E-state index contributed by atoms with van der Waals surface area (Å²) in [6, 6.07) is 4.96. The SMILES string of the molecule is O=c1[nH]nc(NCc2ccccc2C(F)(F)F)c(=O)[nH]1. The Hall–Kier alpha value is -2.58. The number of benzene rings is 1. The first-order valence-electron chi connectivity index (χ1n) is 5.46. The van der Waals surface area contributed by atoms with Gasteiger partial charge in [0.15, 0.2) is 0 Å². The van der Waals surface area contributed by atoms with Gasteiger partial charge in [0.1, 0.15) is 0 Å². The molecular formula is C11H9F3N4O2. The second-order valence-electron chi connectivity index (χ2n) is 3.86. The summed E-state index contributed by atoms with van der Waals surface area (Å²) in [6.07, 6.45) is -4.48. The third-order valence-corrected chi connectivity index (χ3v) is 2.48. The molecule has 1 aromatic carbocycles. The molecule has 9 heteroatoms. The number of aromatic nitrogens is 3. The van der Waals surface area contributed by atoms with E-state index in [2.05, 4.69) is 10.4 Å². The van der Waals surface area contributed by atoms with Crippen LogP contribution in [0.4, 0.5) is 19.0 Å². The van der Waals surface area contributed by atoms with Crippen LogP contribution in [0.5, 0.6) is 0 Å². The van der Waals surface area contributed by atoms with E-state index in [1.54, 1.807) is 0 Å². The van der Waals surface area contributed by atoms with Gasteiger partial charge in [-0.05, 0) is 11.6 Å². The molecule has 20 heavy (non-hydrogen) atoms. The van der Waals surface area contributed by atoms with Crippen molar-refractivity contribution in [2.75, 3.05) is 5.32 Å². The van der Waals surface area contributed by atoms with E-state index in [-0.39, 0.29) is 17.9 Å². The lowest BCUT2D eigenvalue weighted by atomic mass is 10.1. The van der Waals surface area contributed by atoms with Crippen molar-refractivity contribution in [2.24, 2.45) is 0 Å². The largest absolute Gasteiger partial charge is 0.416 e. The fourth-order valence-electron chi connectivity index (χ4n) is 1.60. The van der Waals surface area contributed by atoms with E-state index in [9.17, 15) is 22.8 Å². The number of H-pyrrole nitrogens is 2. The van der Waals surface area contributed by atoms with Crippen LogP contribution in [0.1, 0.15) is 11.1 Å². The summed E-state index contributed by atoms with van der Waals surface area (Å²) < 4.78 is 38.2. The van der Waals surface area contributed by atoms with E-state index in [0.717, 1.165) is 6.07 Å². The van der Waals surface area contributed by atoms with Crippen LogP contribution in [0.2, 0.25) is 0 Å². The van der Waals surface area contributed by atoms with Crippen LogP contribution < -0.4 is 16.6 Å². The Morgan fingerprint density at radius 1 is 1.20 bits per heavy atom. The minimum absolute atomic E-state index is 0.0348. The molecule has 0 atom stereocenters. The molecule has 0 saturated heterocycles. The summed E-state index contributed by atoms with van der Waals surface area (Å²) in [6.45, 7) is -0.252. The predicted octanol–water partition coefficient (Wildman–Crippen LogP) is 1.09. The van der Waals surface area contributed by atoms with Crippen LogP contribution in [0, 0.1) is 0 Å². The molecule has 0 fully saturated rings. The van der Waals surface area contributed by atoms with Crippen molar-refractivity contribution >= 4 is 5.82 Å². The maximum atomic E-state index is 12.7. The summed E-state index contributed by atoms with van der Waals surface area (Å²) in [7, 11) is 0. The third-order valence-electron chi connectivity index (χ3n) is 2.48. The smallest absolute Gasteiger partial charge is 0.360 e. The molecule has 0 aliphatic rings. The second kappa shape index (κ2) is 5.19.